The topological polar surface area (TPSA) is 80.9 Å². The molecule has 100 valence electrons. The molecule has 0 aliphatic rings. The van der Waals surface area contributed by atoms with Crippen molar-refractivity contribution in [2.75, 3.05) is 5.75 Å². The lowest BCUT2D eigenvalue weighted by Gasteiger charge is -2.14. The third-order valence-electron chi connectivity index (χ3n) is 2.51. The van der Waals surface area contributed by atoms with Crippen LogP contribution in [0.15, 0.2) is 29.4 Å². The SMILES string of the molecule is CC(c1ccccc1Cl)n1nnnc1SCC(=O)O. The molecule has 1 heterocycles. The molecule has 6 nitrogen and oxygen atoms in total. The molecule has 0 aliphatic carbocycles. The van der Waals surface area contributed by atoms with E-state index in [1.165, 1.54) is 0 Å². The van der Waals surface area contributed by atoms with E-state index in [2.05, 4.69) is 15.5 Å². The highest BCUT2D eigenvalue weighted by Crippen LogP contribution is 2.27. The van der Waals surface area contributed by atoms with Gasteiger partial charge in [0.05, 0.1) is 11.8 Å². The van der Waals surface area contributed by atoms with Crippen LogP contribution in [0.3, 0.4) is 0 Å². The maximum atomic E-state index is 10.6. The lowest BCUT2D eigenvalue weighted by atomic mass is 10.1. The van der Waals surface area contributed by atoms with Crippen LogP contribution in [0.25, 0.3) is 0 Å². The van der Waals surface area contributed by atoms with Crippen LogP contribution in [0.1, 0.15) is 18.5 Å². The van der Waals surface area contributed by atoms with Gasteiger partial charge < -0.3 is 5.11 Å². The predicted octanol–water partition coefficient (Wildman–Crippen LogP) is 2.11. The Labute approximate surface area is 118 Å². The van der Waals surface area contributed by atoms with Gasteiger partial charge in [0.25, 0.3) is 0 Å². The van der Waals surface area contributed by atoms with Crippen molar-refractivity contribution in [3.05, 3.63) is 34.9 Å². The number of carbonyl (C=O) groups is 1. The molecule has 0 saturated heterocycles. The third-order valence-corrected chi connectivity index (χ3v) is 3.77. The largest absolute Gasteiger partial charge is 0.481 e. The van der Waals surface area contributed by atoms with E-state index in [-0.39, 0.29) is 11.8 Å². The number of hydrogen-bond donors (Lipinski definition) is 1. The summed E-state index contributed by atoms with van der Waals surface area (Å²) < 4.78 is 1.56. The number of carboxylic acid groups (broad SMARTS) is 1. The third kappa shape index (κ3) is 3.24. The number of benzene rings is 1. The monoisotopic (exact) mass is 298 g/mol. The molecule has 0 saturated carbocycles. The normalized spacial score (nSPS) is 12.3. The van der Waals surface area contributed by atoms with Gasteiger partial charge in [-0.15, -0.1) is 5.10 Å². The number of thioether (sulfide) groups is 1. The van der Waals surface area contributed by atoms with Crippen LogP contribution >= 0.6 is 23.4 Å². The molecule has 1 aromatic heterocycles. The lowest BCUT2D eigenvalue weighted by molar-refractivity contribution is -0.133. The molecular formula is C11H11ClN4O2S. The molecule has 8 heteroatoms. The number of tetrazole rings is 1. The Kier molecular flexibility index (Phi) is 4.39. The van der Waals surface area contributed by atoms with E-state index in [1.54, 1.807) is 10.7 Å². The minimum atomic E-state index is -0.912. The highest BCUT2D eigenvalue weighted by molar-refractivity contribution is 7.99. The van der Waals surface area contributed by atoms with E-state index in [9.17, 15) is 4.79 Å². The molecule has 0 fully saturated rings. The Morgan fingerprint density at radius 2 is 2.26 bits per heavy atom. The summed E-state index contributed by atoms with van der Waals surface area (Å²) in [6.45, 7) is 1.91. The summed E-state index contributed by atoms with van der Waals surface area (Å²) >= 11 is 7.21. The van der Waals surface area contributed by atoms with E-state index in [0.717, 1.165) is 17.3 Å². The Hall–Kier alpha value is -1.60. The van der Waals surface area contributed by atoms with Crippen LogP contribution in [0.2, 0.25) is 5.02 Å². The number of nitrogens with zero attached hydrogens (tertiary/aromatic N) is 4. The van der Waals surface area contributed by atoms with Crippen molar-refractivity contribution in [3.63, 3.8) is 0 Å². The first-order valence-corrected chi connectivity index (χ1v) is 6.83. The van der Waals surface area contributed by atoms with Crippen molar-refractivity contribution in [2.24, 2.45) is 0 Å². The molecule has 0 amide bonds. The van der Waals surface area contributed by atoms with E-state index in [4.69, 9.17) is 16.7 Å². The van der Waals surface area contributed by atoms with Crippen LogP contribution in [0.5, 0.6) is 0 Å². The van der Waals surface area contributed by atoms with Crippen molar-refractivity contribution < 1.29 is 9.90 Å². The van der Waals surface area contributed by atoms with Crippen molar-refractivity contribution in [3.8, 4) is 0 Å². The first-order valence-electron chi connectivity index (χ1n) is 5.46. The standard InChI is InChI=1S/C11H11ClN4O2S/c1-7(8-4-2-3-5-9(8)12)16-11(13-14-15-16)19-6-10(17)18/h2-5,7H,6H2,1H3,(H,17,18). The van der Waals surface area contributed by atoms with Crippen LogP contribution in [-0.2, 0) is 4.79 Å². The summed E-state index contributed by atoms with van der Waals surface area (Å²) in [5.74, 6) is -1.000. The van der Waals surface area contributed by atoms with E-state index >= 15 is 0 Å². The highest BCUT2D eigenvalue weighted by Gasteiger charge is 2.17. The zero-order valence-electron chi connectivity index (χ0n) is 10.0. The maximum Gasteiger partial charge on any atom is 0.313 e. The molecule has 0 spiro atoms. The van der Waals surface area contributed by atoms with Crippen molar-refractivity contribution in [1.82, 2.24) is 20.2 Å². The van der Waals surface area contributed by atoms with Gasteiger partial charge in [-0.25, -0.2) is 4.68 Å². The quantitative estimate of drug-likeness (QED) is 0.852. The number of aromatic nitrogens is 4. The molecule has 0 bridgehead atoms. The molecule has 2 aromatic rings. The molecule has 2 rings (SSSR count). The molecule has 19 heavy (non-hydrogen) atoms. The smallest absolute Gasteiger partial charge is 0.313 e. The number of halogens is 1. The zero-order chi connectivity index (χ0) is 13.8. The predicted molar refractivity (Wildman–Crippen MR) is 71.4 cm³/mol. The van der Waals surface area contributed by atoms with Crippen molar-refractivity contribution in [2.45, 2.75) is 18.1 Å². The summed E-state index contributed by atoms with van der Waals surface area (Å²) in [5, 5.41) is 21.1. The molecule has 0 aliphatic heterocycles. The number of rotatable bonds is 5. The average Bonchev–Trinajstić information content (AvgIpc) is 2.84. The van der Waals surface area contributed by atoms with Gasteiger partial charge in [-0.3, -0.25) is 4.79 Å². The molecule has 1 aromatic carbocycles. The Bertz CT molecular complexity index is 590. The van der Waals surface area contributed by atoms with Gasteiger partial charge in [0, 0.05) is 5.02 Å². The van der Waals surface area contributed by atoms with Gasteiger partial charge >= 0.3 is 5.97 Å². The second-order valence-corrected chi connectivity index (χ2v) is 5.14. The van der Waals surface area contributed by atoms with Gasteiger partial charge in [0.1, 0.15) is 0 Å². The van der Waals surface area contributed by atoms with Crippen molar-refractivity contribution >= 4 is 29.3 Å². The fourth-order valence-corrected chi connectivity index (χ4v) is 2.56. The van der Waals surface area contributed by atoms with E-state index in [1.807, 2.05) is 25.1 Å². The second kappa shape index (κ2) is 6.03. The summed E-state index contributed by atoms with van der Waals surface area (Å²) in [6, 6.07) is 7.24. The number of hydrogen-bond acceptors (Lipinski definition) is 5. The minimum Gasteiger partial charge on any atom is -0.481 e. The van der Waals surface area contributed by atoms with Crippen LogP contribution in [0, 0.1) is 0 Å². The minimum absolute atomic E-state index is 0.0877. The molecule has 1 atom stereocenters. The average molecular weight is 299 g/mol. The Balaban J connectivity index is 2.25. The van der Waals surface area contributed by atoms with Gasteiger partial charge in [0.15, 0.2) is 0 Å². The van der Waals surface area contributed by atoms with Crippen LogP contribution < -0.4 is 0 Å². The van der Waals surface area contributed by atoms with Crippen LogP contribution in [-0.4, -0.2) is 37.0 Å². The summed E-state index contributed by atoms with van der Waals surface area (Å²) in [6.07, 6.45) is 0. The van der Waals surface area contributed by atoms with Gasteiger partial charge in [-0.1, -0.05) is 41.6 Å². The van der Waals surface area contributed by atoms with Gasteiger partial charge in [-0.05, 0) is 29.0 Å². The maximum absolute atomic E-state index is 10.6. The number of carboxylic acids is 1. The summed E-state index contributed by atoms with van der Waals surface area (Å²) in [5.41, 5.74) is 0.883. The summed E-state index contributed by atoms with van der Waals surface area (Å²) in [4.78, 5) is 10.6. The number of aliphatic carboxylic acids is 1. The Morgan fingerprint density at radius 3 is 2.95 bits per heavy atom. The summed E-state index contributed by atoms with van der Waals surface area (Å²) in [7, 11) is 0. The fraction of sp³-hybridized carbons (Fsp3) is 0.273. The molecule has 0 radical (unpaired) electrons. The van der Waals surface area contributed by atoms with Crippen LogP contribution in [0.4, 0.5) is 0 Å². The Morgan fingerprint density at radius 1 is 1.53 bits per heavy atom. The first kappa shape index (κ1) is 13.8. The first-order chi connectivity index (χ1) is 9.09. The molecule has 1 unspecified atom stereocenters. The lowest BCUT2D eigenvalue weighted by Crippen LogP contribution is -2.11. The van der Waals surface area contributed by atoms with Gasteiger partial charge in [-0.2, -0.15) is 0 Å². The van der Waals surface area contributed by atoms with E-state index in [0.29, 0.717) is 10.2 Å². The van der Waals surface area contributed by atoms with Gasteiger partial charge in [0.2, 0.25) is 5.16 Å². The van der Waals surface area contributed by atoms with E-state index < -0.39 is 5.97 Å². The van der Waals surface area contributed by atoms with Crippen molar-refractivity contribution in [1.29, 1.82) is 0 Å². The molecule has 1 N–H and O–H groups in total. The fourth-order valence-electron chi connectivity index (χ4n) is 1.60. The second-order valence-electron chi connectivity index (χ2n) is 3.79. The highest BCUT2D eigenvalue weighted by atomic mass is 35.5. The molecular weight excluding hydrogens is 288 g/mol. The zero-order valence-corrected chi connectivity index (χ0v) is 11.6.